The molecule has 0 bridgehead atoms. The number of phenols is 1. The standard InChI is InChI=1S/C22H16Cl3N3O/c1-12-4-2-6-19(27-12)28-20(13-7-8-16(23)18(25)10-13)15-11-17(24)14-5-3-9-26-21(14)22(15)29/h2-11,20,29H,1H3,(H,27,28). The van der Waals surface area contributed by atoms with Crippen LogP contribution in [0.2, 0.25) is 15.1 Å². The number of hydrogen-bond acceptors (Lipinski definition) is 4. The molecule has 2 aromatic heterocycles. The Balaban J connectivity index is 1.91. The van der Waals surface area contributed by atoms with E-state index in [1.165, 1.54) is 0 Å². The van der Waals surface area contributed by atoms with Crippen molar-refractivity contribution in [3.05, 3.63) is 92.7 Å². The predicted octanol–water partition coefficient (Wildman–Crippen LogP) is 6.81. The van der Waals surface area contributed by atoms with E-state index in [1.807, 2.05) is 37.3 Å². The molecule has 0 amide bonds. The number of phenolic OH excluding ortho intramolecular Hbond substituents is 1. The van der Waals surface area contributed by atoms with Gasteiger partial charge in [-0.25, -0.2) is 4.98 Å². The molecule has 1 atom stereocenters. The molecule has 2 aromatic carbocycles. The number of nitrogens with zero attached hydrogens (tertiary/aromatic N) is 2. The Bertz CT molecular complexity index is 1210. The van der Waals surface area contributed by atoms with Crippen LogP contribution in [-0.2, 0) is 0 Å². The van der Waals surface area contributed by atoms with Crippen LogP contribution in [0.15, 0.2) is 60.8 Å². The molecular formula is C22H16Cl3N3O. The third-order valence-corrected chi connectivity index (χ3v) is 5.67. The first-order valence-electron chi connectivity index (χ1n) is 8.85. The van der Waals surface area contributed by atoms with Gasteiger partial charge in [-0.15, -0.1) is 0 Å². The molecule has 4 aromatic rings. The van der Waals surface area contributed by atoms with Crippen molar-refractivity contribution in [3.63, 3.8) is 0 Å². The van der Waals surface area contributed by atoms with Crippen LogP contribution in [0.3, 0.4) is 0 Å². The smallest absolute Gasteiger partial charge is 0.147 e. The molecule has 0 radical (unpaired) electrons. The number of pyridine rings is 2. The summed E-state index contributed by atoms with van der Waals surface area (Å²) in [4.78, 5) is 8.82. The van der Waals surface area contributed by atoms with Crippen LogP contribution in [0.25, 0.3) is 10.9 Å². The summed E-state index contributed by atoms with van der Waals surface area (Å²) in [7, 11) is 0. The van der Waals surface area contributed by atoms with Gasteiger partial charge in [0, 0.05) is 22.8 Å². The number of benzene rings is 2. The van der Waals surface area contributed by atoms with E-state index < -0.39 is 6.04 Å². The van der Waals surface area contributed by atoms with Gasteiger partial charge in [0.2, 0.25) is 0 Å². The average molecular weight is 445 g/mol. The number of rotatable bonds is 4. The zero-order chi connectivity index (χ0) is 20.5. The van der Waals surface area contributed by atoms with Crippen molar-refractivity contribution in [2.45, 2.75) is 13.0 Å². The molecule has 0 fully saturated rings. The summed E-state index contributed by atoms with van der Waals surface area (Å²) < 4.78 is 0. The molecule has 0 saturated carbocycles. The number of aromatic hydroxyl groups is 1. The van der Waals surface area contributed by atoms with Crippen LogP contribution in [0.4, 0.5) is 5.82 Å². The van der Waals surface area contributed by atoms with Gasteiger partial charge in [-0.05, 0) is 55.0 Å². The summed E-state index contributed by atoms with van der Waals surface area (Å²) in [5, 5.41) is 16.4. The SMILES string of the molecule is Cc1cccc(NC(c2ccc(Cl)c(Cl)c2)c2cc(Cl)c3cccnc3c2O)n1. The van der Waals surface area contributed by atoms with Gasteiger partial charge in [-0.2, -0.15) is 0 Å². The average Bonchev–Trinajstić information content (AvgIpc) is 2.71. The molecular weight excluding hydrogens is 429 g/mol. The Kier molecular flexibility index (Phi) is 5.50. The predicted molar refractivity (Wildman–Crippen MR) is 119 cm³/mol. The van der Waals surface area contributed by atoms with Crippen LogP contribution in [0.5, 0.6) is 5.75 Å². The fraction of sp³-hybridized carbons (Fsp3) is 0.0909. The van der Waals surface area contributed by atoms with Crippen molar-refractivity contribution in [3.8, 4) is 5.75 Å². The maximum atomic E-state index is 11.0. The lowest BCUT2D eigenvalue weighted by atomic mass is 9.96. The van der Waals surface area contributed by atoms with Crippen molar-refractivity contribution >= 4 is 51.5 Å². The lowest BCUT2D eigenvalue weighted by Gasteiger charge is -2.23. The van der Waals surface area contributed by atoms with E-state index in [-0.39, 0.29) is 5.75 Å². The third kappa shape index (κ3) is 3.97. The maximum Gasteiger partial charge on any atom is 0.147 e. The molecule has 4 nitrogen and oxygen atoms in total. The quantitative estimate of drug-likeness (QED) is 0.363. The van der Waals surface area contributed by atoms with Crippen molar-refractivity contribution in [1.29, 1.82) is 0 Å². The zero-order valence-electron chi connectivity index (χ0n) is 15.3. The van der Waals surface area contributed by atoms with Crippen molar-refractivity contribution in [2.24, 2.45) is 0 Å². The Morgan fingerprint density at radius 2 is 1.76 bits per heavy atom. The second-order valence-corrected chi connectivity index (χ2v) is 7.83. The Hall–Kier alpha value is -2.53. The van der Waals surface area contributed by atoms with Gasteiger partial charge >= 0.3 is 0 Å². The number of fused-ring (bicyclic) bond motifs is 1. The summed E-state index contributed by atoms with van der Waals surface area (Å²) >= 11 is 18.9. The van der Waals surface area contributed by atoms with Gasteiger partial charge in [-0.1, -0.05) is 46.9 Å². The molecule has 7 heteroatoms. The van der Waals surface area contributed by atoms with Gasteiger partial charge in [0.1, 0.15) is 17.1 Å². The van der Waals surface area contributed by atoms with E-state index in [4.69, 9.17) is 34.8 Å². The van der Waals surface area contributed by atoms with Gasteiger partial charge in [0.15, 0.2) is 0 Å². The first kappa shape index (κ1) is 19.8. The molecule has 0 saturated heterocycles. The normalized spacial score (nSPS) is 12.1. The topological polar surface area (TPSA) is 58.0 Å². The molecule has 0 aliphatic carbocycles. The molecule has 4 rings (SSSR count). The molecule has 0 spiro atoms. The molecule has 1 unspecified atom stereocenters. The summed E-state index contributed by atoms with van der Waals surface area (Å²) in [6, 6.07) is 15.8. The summed E-state index contributed by atoms with van der Waals surface area (Å²) in [6.45, 7) is 1.91. The minimum Gasteiger partial charge on any atom is -0.505 e. The highest BCUT2D eigenvalue weighted by Crippen LogP contribution is 2.40. The maximum absolute atomic E-state index is 11.0. The number of nitrogens with one attached hydrogen (secondary N) is 1. The highest BCUT2D eigenvalue weighted by molar-refractivity contribution is 6.42. The minimum absolute atomic E-state index is 0.0428. The first-order valence-corrected chi connectivity index (χ1v) is 9.98. The van der Waals surface area contributed by atoms with Gasteiger partial charge in [0.05, 0.1) is 21.1 Å². The molecule has 0 aliphatic rings. The van der Waals surface area contributed by atoms with Crippen LogP contribution in [-0.4, -0.2) is 15.1 Å². The van der Waals surface area contributed by atoms with Crippen LogP contribution >= 0.6 is 34.8 Å². The van der Waals surface area contributed by atoms with E-state index in [0.717, 1.165) is 11.3 Å². The van der Waals surface area contributed by atoms with Gasteiger partial charge in [-0.3, -0.25) is 4.98 Å². The lowest BCUT2D eigenvalue weighted by Crippen LogP contribution is -2.14. The Labute approximate surface area is 183 Å². The number of halogens is 3. The van der Waals surface area contributed by atoms with E-state index >= 15 is 0 Å². The van der Waals surface area contributed by atoms with Crippen LogP contribution in [0, 0.1) is 6.92 Å². The van der Waals surface area contributed by atoms with E-state index in [2.05, 4.69) is 15.3 Å². The second kappa shape index (κ2) is 8.07. The lowest BCUT2D eigenvalue weighted by molar-refractivity contribution is 0.471. The largest absolute Gasteiger partial charge is 0.505 e. The number of anilines is 1. The number of aryl methyl sites for hydroxylation is 1. The monoisotopic (exact) mass is 443 g/mol. The van der Waals surface area contributed by atoms with E-state index in [9.17, 15) is 5.11 Å². The molecule has 146 valence electrons. The first-order chi connectivity index (χ1) is 13.9. The summed E-state index contributed by atoms with van der Waals surface area (Å²) in [5.41, 5.74) is 2.65. The Morgan fingerprint density at radius 3 is 2.52 bits per heavy atom. The summed E-state index contributed by atoms with van der Waals surface area (Å²) in [5.74, 6) is 0.693. The molecule has 29 heavy (non-hydrogen) atoms. The molecule has 2 heterocycles. The van der Waals surface area contributed by atoms with Gasteiger partial charge < -0.3 is 10.4 Å². The zero-order valence-corrected chi connectivity index (χ0v) is 17.6. The fourth-order valence-corrected chi connectivity index (χ4v) is 3.81. The highest BCUT2D eigenvalue weighted by Gasteiger charge is 2.23. The van der Waals surface area contributed by atoms with Crippen LogP contribution in [0.1, 0.15) is 22.9 Å². The van der Waals surface area contributed by atoms with E-state index in [0.29, 0.717) is 37.4 Å². The highest BCUT2D eigenvalue weighted by atomic mass is 35.5. The summed E-state index contributed by atoms with van der Waals surface area (Å²) in [6.07, 6.45) is 1.62. The van der Waals surface area contributed by atoms with Crippen LogP contribution < -0.4 is 5.32 Å². The fourth-order valence-electron chi connectivity index (χ4n) is 3.23. The second-order valence-electron chi connectivity index (χ2n) is 6.61. The van der Waals surface area contributed by atoms with Crippen molar-refractivity contribution < 1.29 is 5.11 Å². The van der Waals surface area contributed by atoms with E-state index in [1.54, 1.807) is 30.5 Å². The minimum atomic E-state index is -0.483. The molecule has 2 N–H and O–H groups in total. The van der Waals surface area contributed by atoms with Gasteiger partial charge in [0.25, 0.3) is 0 Å². The number of aromatic nitrogens is 2. The van der Waals surface area contributed by atoms with Crippen molar-refractivity contribution in [1.82, 2.24) is 9.97 Å². The third-order valence-electron chi connectivity index (χ3n) is 4.61. The number of hydrogen-bond donors (Lipinski definition) is 2. The Morgan fingerprint density at radius 1 is 0.931 bits per heavy atom. The van der Waals surface area contributed by atoms with Crippen molar-refractivity contribution in [2.75, 3.05) is 5.32 Å². The molecule has 0 aliphatic heterocycles.